The lowest BCUT2D eigenvalue weighted by Gasteiger charge is -2.26. The molecule has 2 atom stereocenters. The average Bonchev–Trinajstić information content (AvgIpc) is 2.62. The number of benzene rings is 2. The summed E-state index contributed by atoms with van der Waals surface area (Å²) in [7, 11) is 0. The van der Waals surface area contributed by atoms with Gasteiger partial charge in [0.15, 0.2) is 11.6 Å². The molecule has 122 valence electrons. The second-order valence-electron chi connectivity index (χ2n) is 5.90. The monoisotopic (exact) mass is 358 g/mol. The molecule has 0 bridgehead atoms. The van der Waals surface area contributed by atoms with Crippen LogP contribution in [0.5, 0.6) is 0 Å². The van der Waals surface area contributed by atoms with Gasteiger partial charge in [0.05, 0.1) is 0 Å². The SMILES string of the molecule is O=C(c1ccc(Cl)cc1)[C@@H]1CC=CC[C@H]1C(=O)c1ccc(Cl)cc1. The van der Waals surface area contributed by atoms with Gasteiger partial charge in [0.1, 0.15) is 0 Å². The Morgan fingerprint density at radius 1 is 0.667 bits per heavy atom. The summed E-state index contributed by atoms with van der Waals surface area (Å²) in [5.41, 5.74) is 1.18. The Kier molecular flexibility index (Phi) is 5.17. The Hall–Kier alpha value is -1.90. The summed E-state index contributed by atoms with van der Waals surface area (Å²) in [5.74, 6) is -0.717. The molecule has 3 rings (SSSR count). The molecular formula is C20H16Cl2O2. The largest absolute Gasteiger partial charge is 0.294 e. The predicted molar refractivity (Wildman–Crippen MR) is 96.9 cm³/mol. The number of allylic oxidation sites excluding steroid dienone is 2. The van der Waals surface area contributed by atoms with Crippen molar-refractivity contribution >= 4 is 34.8 Å². The zero-order valence-corrected chi connectivity index (χ0v) is 14.4. The average molecular weight is 359 g/mol. The predicted octanol–water partition coefficient (Wildman–Crippen LogP) is 5.64. The van der Waals surface area contributed by atoms with Gasteiger partial charge < -0.3 is 0 Å². The summed E-state index contributed by atoms with van der Waals surface area (Å²) in [6, 6.07) is 13.7. The van der Waals surface area contributed by atoms with Crippen molar-refractivity contribution in [3.63, 3.8) is 0 Å². The van der Waals surface area contributed by atoms with Gasteiger partial charge in [-0.3, -0.25) is 9.59 Å². The first kappa shape index (κ1) is 16.9. The Bertz CT molecular complexity index is 709. The molecule has 0 spiro atoms. The van der Waals surface area contributed by atoms with Gasteiger partial charge in [-0.1, -0.05) is 35.4 Å². The highest BCUT2D eigenvalue weighted by Gasteiger charge is 2.34. The number of rotatable bonds is 4. The van der Waals surface area contributed by atoms with Crippen molar-refractivity contribution in [2.75, 3.05) is 0 Å². The van der Waals surface area contributed by atoms with E-state index in [0.717, 1.165) is 0 Å². The first-order valence-corrected chi connectivity index (χ1v) is 8.56. The van der Waals surface area contributed by atoms with Crippen molar-refractivity contribution in [2.24, 2.45) is 11.8 Å². The molecule has 0 unspecified atom stereocenters. The van der Waals surface area contributed by atoms with E-state index in [0.29, 0.717) is 34.0 Å². The number of carbonyl (C=O) groups excluding carboxylic acids is 2. The van der Waals surface area contributed by atoms with Crippen LogP contribution in [0.2, 0.25) is 10.0 Å². The molecule has 0 radical (unpaired) electrons. The summed E-state index contributed by atoms with van der Waals surface area (Å²) in [4.78, 5) is 25.7. The summed E-state index contributed by atoms with van der Waals surface area (Å²) >= 11 is 11.8. The summed E-state index contributed by atoms with van der Waals surface area (Å²) in [5, 5.41) is 1.17. The van der Waals surface area contributed by atoms with Gasteiger partial charge in [0, 0.05) is 33.0 Å². The van der Waals surface area contributed by atoms with Crippen LogP contribution in [0.4, 0.5) is 0 Å². The third kappa shape index (κ3) is 3.61. The van der Waals surface area contributed by atoms with E-state index in [-0.39, 0.29) is 23.4 Å². The maximum atomic E-state index is 12.9. The van der Waals surface area contributed by atoms with Gasteiger partial charge in [-0.2, -0.15) is 0 Å². The highest BCUT2D eigenvalue weighted by Crippen LogP contribution is 2.32. The van der Waals surface area contributed by atoms with E-state index >= 15 is 0 Å². The fourth-order valence-electron chi connectivity index (χ4n) is 3.05. The first-order chi connectivity index (χ1) is 11.6. The Labute approximate surface area is 151 Å². The van der Waals surface area contributed by atoms with E-state index in [1.165, 1.54) is 0 Å². The van der Waals surface area contributed by atoms with Crippen molar-refractivity contribution in [2.45, 2.75) is 12.8 Å². The molecular weight excluding hydrogens is 343 g/mol. The third-order valence-corrected chi connectivity index (χ3v) is 4.87. The van der Waals surface area contributed by atoms with E-state index < -0.39 is 0 Å². The normalized spacial score (nSPS) is 19.9. The molecule has 4 heteroatoms. The van der Waals surface area contributed by atoms with Gasteiger partial charge >= 0.3 is 0 Å². The molecule has 2 aromatic rings. The lowest BCUT2D eigenvalue weighted by molar-refractivity contribution is 0.0761. The van der Waals surface area contributed by atoms with E-state index in [4.69, 9.17) is 23.2 Å². The lowest BCUT2D eigenvalue weighted by Crippen LogP contribution is -2.31. The van der Waals surface area contributed by atoms with Gasteiger partial charge in [-0.25, -0.2) is 0 Å². The van der Waals surface area contributed by atoms with E-state index in [9.17, 15) is 9.59 Å². The van der Waals surface area contributed by atoms with Crippen LogP contribution in [0.15, 0.2) is 60.7 Å². The molecule has 1 aliphatic carbocycles. The number of carbonyl (C=O) groups is 2. The van der Waals surface area contributed by atoms with Crippen molar-refractivity contribution in [1.29, 1.82) is 0 Å². The van der Waals surface area contributed by atoms with Crippen LogP contribution in [0.1, 0.15) is 33.6 Å². The summed E-state index contributed by atoms with van der Waals surface area (Å²) in [6.45, 7) is 0. The molecule has 0 saturated heterocycles. The molecule has 1 aliphatic rings. The highest BCUT2D eigenvalue weighted by molar-refractivity contribution is 6.31. The number of halogens is 2. The van der Waals surface area contributed by atoms with Crippen LogP contribution in [0.25, 0.3) is 0 Å². The van der Waals surface area contributed by atoms with Crippen LogP contribution in [-0.4, -0.2) is 11.6 Å². The maximum absolute atomic E-state index is 12.9. The molecule has 0 aliphatic heterocycles. The fraction of sp³-hybridized carbons (Fsp3) is 0.200. The quantitative estimate of drug-likeness (QED) is 0.523. The first-order valence-electron chi connectivity index (χ1n) is 7.81. The van der Waals surface area contributed by atoms with Gasteiger partial charge in [0.2, 0.25) is 0 Å². The Morgan fingerprint density at radius 3 is 1.33 bits per heavy atom. The van der Waals surface area contributed by atoms with E-state index in [1.54, 1.807) is 48.5 Å². The molecule has 2 aromatic carbocycles. The summed E-state index contributed by atoms with van der Waals surface area (Å²) in [6.07, 6.45) is 5.10. The van der Waals surface area contributed by atoms with Crippen molar-refractivity contribution in [3.8, 4) is 0 Å². The topological polar surface area (TPSA) is 34.1 Å². The number of hydrogen-bond acceptors (Lipinski definition) is 2. The van der Waals surface area contributed by atoms with Gasteiger partial charge in [-0.05, 0) is 61.4 Å². The Balaban J connectivity index is 1.87. The molecule has 0 heterocycles. The fourth-order valence-corrected chi connectivity index (χ4v) is 3.30. The van der Waals surface area contributed by atoms with Crippen LogP contribution in [0.3, 0.4) is 0 Å². The van der Waals surface area contributed by atoms with E-state index in [2.05, 4.69) is 0 Å². The zero-order valence-electron chi connectivity index (χ0n) is 12.9. The standard InChI is InChI=1S/C20H16Cl2O2/c21-15-9-5-13(6-10-15)19(23)17-3-1-2-4-18(17)20(24)14-7-11-16(22)12-8-14/h1-2,5-12,17-18H,3-4H2/t17-,18-/m1/s1. The minimum Gasteiger partial charge on any atom is -0.294 e. The molecule has 2 nitrogen and oxygen atoms in total. The van der Waals surface area contributed by atoms with Crippen LogP contribution in [0, 0.1) is 11.8 Å². The van der Waals surface area contributed by atoms with Crippen LogP contribution < -0.4 is 0 Å². The zero-order chi connectivity index (χ0) is 17.1. The van der Waals surface area contributed by atoms with Crippen LogP contribution in [-0.2, 0) is 0 Å². The van der Waals surface area contributed by atoms with Gasteiger partial charge in [-0.15, -0.1) is 0 Å². The molecule has 0 amide bonds. The number of Topliss-reactive ketones (excluding diaryl/α,β-unsaturated/α-hetero) is 2. The molecule has 24 heavy (non-hydrogen) atoms. The smallest absolute Gasteiger partial charge is 0.166 e. The molecule has 0 aromatic heterocycles. The lowest BCUT2D eigenvalue weighted by atomic mass is 9.75. The second kappa shape index (κ2) is 7.33. The molecule has 0 N–H and O–H groups in total. The van der Waals surface area contributed by atoms with Crippen molar-refractivity contribution in [1.82, 2.24) is 0 Å². The second-order valence-corrected chi connectivity index (χ2v) is 6.77. The maximum Gasteiger partial charge on any atom is 0.166 e. The number of ketones is 2. The van der Waals surface area contributed by atoms with E-state index in [1.807, 2.05) is 12.2 Å². The highest BCUT2D eigenvalue weighted by atomic mass is 35.5. The van der Waals surface area contributed by atoms with Crippen molar-refractivity contribution in [3.05, 3.63) is 81.9 Å². The minimum absolute atomic E-state index is 0.0108. The minimum atomic E-state index is -0.348. The molecule has 0 fully saturated rings. The van der Waals surface area contributed by atoms with Crippen molar-refractivity contribution < 1.29 is 9.59 Å². The third-order valence-electron chi connectivity index (χ3n) is 4.36. The van der Waals surface area contributed by atoms with Gasteiger partial charge in [0.25, 0.3) is 0 Å². The molecule has 0 saturated carbocycles. The van der Waals surface area contributed by atoms with Crippen LogP contribution >= 0.6 is 23.2 Å². The number of hydrogen-bond donors (Lipinski definition) is 0. The summed E-state index contributed by atoms with van der Waals surface area (Å²) < 4.78 is 0. The Morgan fingerprint density at radius 2 is 1.00 bits per heavy atom.